The third-order valence-electron chi connectivity index (χ3n) is 8.54. The summed E-state index contributed by atoms with van der Waals surface area (Å²) in [5.41, 5.74) is 6.04. The molecule has 0 aliphatic carbocycles. The maximum atomic E-state index is 14.4. The number of amides is 1. The van der Waals surface area contributed by atoms with Gasteiger partial charge in [-0.2, -0.15) is 0 Å². The van der Waals surface area contributed by atoms with E-state index in [2.05, 4.69) is 38.2 Å². The Labute approximate surface area is 306 Å². The normalized spacial score (nSPS) is 13.2. The van der Waals surface area contributed by atoms with Crippen molar-refractivity contribution < 1.29 is 33.1 Å². The smallest absolute Gasteiger partial charge is 0.508 e. The average molecular weight is 723 g/mol. The Morgan fingerprint density at radius 2 is 1.35 bits per heavy atom. The van der Waals surface area contributed by atoms with Gasteiger partial charge in [-0.25, -0.2) is 4.57 Å². The molecule has 4 aromatic rings. The Morgan fingerprint density at radius 1 is 0.750 bits per heavy atom. The second-order valence-corrected chi connectivity index (χ2v) is 14.7. The summed E-state index contributed by atoms with van der Waals surface area (Å²) in [6, 6.07) is 25.7. The number of anilines is 3. The van der Waals surface area contributed by atoms with Crippen LogP contribution in [0.25, 0.3) is 0 Å². The molecule has 3 N–H and O–H groups in total. The molecule has 1 aliphatic heterocycles. The number of rotatable bonds is 16. The lowest BCUT2D eigenvalue weighted by Crippen LogP contribution is -2.30. The number of nitrogens with one attached hydrogen (secondary N) is 1. The van der Waals surface area contributed by atoms with Crippen LogP contribution in [-0.2, 0) is 26.8 Å². The van der Waals surface area contributed by atoms with Crippen LogP contribution < -0.4 is 14.7 Å². The molecule has 1 amide bonds. The van der Waals surface area contributed by atoms with Crippen molar-refractivity contribution in [2.75, 3.05) is 16.8 Å². The van der Waals surface area contributed by atoms with Crippen LogP contribution in [-0.4, -0.2) is 22.7 Å². The van der Waals surface area contributed by atoms with E-state index in [4.69, 9.17) is 13.6 Å². The minimum absolute atomic E-state index is 0.0795. The Kier molecular flexibility index (Phi) is 13.1. The molecule has 10 heteroatoms. The lowest BCUT2D eigenvalue weighted by Gasteiger charge is -2.25. The first-order chi connectivity index (χ1) is 25.0. The first-order valence-electron chi connectivity index (χ1n) is 17.4. The Hall–Kier alpha value is -5.08. The number of phosphoric acid groups is 1. The standard InChI is InChI=1S/C42H47N2O7P/c1-30(2)14-11-15-31(3)16-12-17-32(4)24-25-44-37-26-35(45)27-39(41(37)43-40-36(42(44)47)22-13-23-38(40)46)51-52(48,49-28-33-18-7-5-8-19-33)50-29-34-20-9-6-10-21-34/h5-10,13-14,16,18-24,26-27,43,45-46H,11-12,15,17,25,28-29H2,1-4H3/b31-16+,32-24+. The minimum Gasteiger partial charge on any atom is -0.508 e. The molecule has 1 aliphatic rings. The number of fused-ring (bicyclic) bond motifs is 2. The van der Waals surface area contributed by atoms with Crippen LogP contribution >= 0.6 is 7.82 Å². The molecule has 1 heterocycles. The van der Waals surface area contributed by atoms with Crippen LogP contribution in [0.15, 0.2) is 126 Å². The van der Waals surface area contributed by atoms with Gasteiger partial charge in [0, 0.05) is 18.7 Å². The fraction of sp³-hybridized carbons (Fsp3) is 0.262. The summed E-state index contributed by atoms with van der Waals surface area (Å²) in [7, 11) is -4.39. The van der Waals surface area contributed by atoms with Gasteiger partial charge in [0.15, 0.2) is 5.75 Å². The molecule has 9 nitrogen and oxygen atoms in total. The first-order valence-corrected chi connectivity index (χ1v) is 18.9. The second-order valence-electron chi connectivity index (χ2n) is 13.1. The van der Waals surface area contributed by atoms with Crippen LogP contribution in [0.4, 0.5) is 17.1 Å². The van der Waals surface area contributed by atoms with E-state index in [1.54, 1.807) is 12.1 Å². The molecular formula is C42H47N2O7P. The lowest BCUT2D eigenvalue weighted by atomic mass is 10.1. The number of carbonyl (C=O) groups is 1. The maximum Gasteiger partial charge on any atom is 0.530 e. The molecule has 0 bridgehead atoms. The molecule has 0 atom stereocenters. The maximum absolute atomic E-state index is 14.4. The molecule has 0 radical (unpaired) electrons. The number of nitrogens with zero attached hydrogens (tertiary/aromatic N) is 1. The number of allylic oxidation sites excluding steroid dienone is 5. The highest BCUT2D eigenvalue weighted by Crippen LogP contribution is 2.56. The minimum atomic E-state index is -4.39. The largest absolute Gasteiger partial charge is 0.530 e. The van der Waals surface area contributed by atoms with Crippen molar-refractivity contribution in [2.45, 2.75) is 66.6 Å². The third-order valence-corrected chi connectivity index (χ3v) is 9.86. The zero-order valence-electron chi connectivity index (χ0n) is 30.2. The van der Waals surface area contributed by atoms with E-state index >= 15 is 0 Å². The second kappa shape index (κ2) is 17.9. The Bertz CT molecular complexity index is 1940. The number of phenols is 2. The summed E-state index contributed by atoms with van der Waals surface area (Å²) in [5.74, 6) is -0.907. The monoisotopic (exact) mass is 722 g/mol. The zero-order valence-corrected chi connectivity index (χ0v) is 31.1. The van der Waals surface area contributed by atoms with E-state index in [9.17, 15) is 19.6 Å². The number of carbonyl (C=O) groups excluding carboxylic acids is 1. The fourth-order valence-electron chi connectivity index (χ4n) is 5.66. The van der Waals surface area contributed by atoms with Crippen LogP contribution in [0, 0.1) is 0 Å². The molecule has 4 aromatic carbocycles. The first kappa shape index (κ1) is 38.2. The van der Waals surface area contributed by atoms with Gasteiger partial charge in [0.1, 0.15) is 17.2 Å². The quantitative estimate of drug-likeness (QED) is 0.0453. The van der Waals surface area contributed by atoms with Gasteiger partial charge in [0.2, 0.25) is 0 Å². The molecule has 5 rings (SSSR count). The molecule has 0 saturated carbocycles. The number of phosphoric ester groups is 1. The zero-order chi connectivity index (χ0) is 37.1. The molecule has 52 heavy (non-hydrogen) atoms. The Morgan fingerprint density at radius 3 is 1.96 bits per heavy atom. The highest BCUT2D eigenvalue weighted by Gasteiger charge is 2.35. The molecule has 272 valence electrons. The number of para-hydroxylation sites is 1. The third kappa shape index (κ3) is 10.5. The molecule has 0 spiro atoms. The summed E-state index contributed by atoms with van der Waals surface area (Å²) in [5, 5.41) is 25.0. The number of phenolic OH excluding ortho intramolecular Hbond substituents is 2. The van der Waals surface area contributed by atoms with E-state index in [1.807, 2.05) is 73.7 Å². The van der Waals surface area contributed by atoms with Crippen LogP contribution in [0.2, 0.25) is 0 Å². The van der Waals surface area contributed by atoms with E-state index in [0.29, 0.717) is 0 Å². The summed E-state index contributed by atoms with van der Waals surface area (Å²) < 4.78 is 32.2. The van der Waals surface area contributed by atoms with Crippen molar-refractivity contribution in [3.05, 3.63) is 143 Å². The van der Waals surface area contributed by atoms with Gasteiger partial charge in [-0.3, -0.25) is 13.8 Å². The van der Waals surface area contributed by atoms with Gasteiger partial charge in [0.05, 0.1) is 30.2 Å². The van der Waals surface area contributed by atoms with Gasteiger partial charge in [0.25, 0.3) is 5.91 Å². The van der Waals surface area contributed by atoms with E-state index < -0.39 is 13.7 Å². The summed E-state index contributed by atoms with van der Waals surface area (Å²) in [6.45, 7) is 8.38. The predicted octanol–water partition coefficient (Wildman–Crippen LogP) is 11.1. The van der Waals surface area contributed by atoms with Gasteiger partial charge < -0.3 is 25.0 Å². The van der Waals surface area contributed by atoms with E-state index in [1.165, 1.54) is 34.2 Å². The van der Waals surface area contributed by atoms with Crippen molar-refractivity contribution in [1.82, 2.24) is 0 Å². The Balaban J connectivity index is 1.46. The topological polar surface area (TPSA) is 118 Å². The highest BCUT2D eigenvalue weighted by atomic mass is 31.2. The molecule has 0 unspecified atom stereocenters. The van der Waals surface area contributed by atoms with Crippen LogP contribution in [0.1, 0.15) is 74.9 Å². The number of hydrogen-bond acceptors (Lipinski definition) is 8. The SMILES string of the molecule is CC(C)=CCC/C(C)=C/CC/C(C)=C/CN1C(=O)c2cccc(O)c2Nc2c(OP(=O)(OCc3ccccc3)OCc3ccccc3)cc(O)cc21. The van der Waals surface area contributed by atoms with Crippen molar-refractivity contribution in [3.63, 3.8) is 0 Å². The van der Waals surface area contributed by atoms with Crippen molar-refractivity contribution in [2.24, 2.45) is 0 Å². The van der Waals surface area contributed by atoms with Gasteiger partial charge in [-0.1, -0.05) is 102 Å². The average Bonchev–Trinajstić information content (AvgIpc) is 3.24. The highest BCUT2D eigenvalue weighted by molar-refractivity contribution is 7.48. The van der Waals surface area contributed by atoms with Crippen molar-refractivity contribution in [1.29, 1.82) is 0 Å². The van der Waals surface area contributed by atoms with Crippen LogP contribution in [0.5, 0.6) is 17.2 Å². The predicted molar refractivity (Wildman–Crippen MR) is 207 cm³/mol. The van der Waals surface area contributed by atoms with Crippen LogP contribution in [0.3, 0.4) is 0 Å². The van der Waals surface area contributed by atoms with Crippen molar-refractivity contribution in [3.8, 4) is 17.2 Å². The summed E-state index contributed by atoms with van der Waals surface area (Å²) >= 11 is 0. The van der Waals surface area contributed by atoms with E-state index in [0.717, 1.165) is 42.4 Å². The summed E-state index contributed by atoms with van der Waals surface area (Å²) in [6.07, 6.45) is 10.2. The number of aromatic hydroxyl groups is 2. The van der Waals surface area contributed by atoms with Crippen molar-refractivity contribution >= 4 is 30.8 Å². The van der Waals surface area contributed by atoms with Gasteiger partial charge in [-0.05, 0) is 76.6 Å². The van der Waals surface area contributed by atoms with Gasteiger partial charge in [-0.15, -0.1) is 0 Å². The molecule has 0 fully saturated rings. The molecule has 0 aromatic heterocycles. The number of benzene rings is 4. The lowest BCUT2D eigenvalue weighted by molar-refractivity contribution is 0.0990. The summed E-state index contributed by atoms with van der Waals surface area (Å²) in [4.78, 5) is 15.6. The van der Waals surface area contributed by atoms with E-state index in [-0.39, 0.29) is 59.6 Å². The van der Waals surface area contributed by atoms with Gasteiger partial charge >= 0.3 is 7.82 Å². The fourth-order valence-corrected chi connectivity index (χ4v) is 6.84. The molecule has 0 saturated heterocycles. The number of hydrogen-bond donors (Lipinski definition) is 3. The molecular weight excluding hydrogens is 675 g/mol.